The highest BCUT2D eigenvalue weighted by Gasteiger charge is 2.03. The van der Waals surface area contributed by atoms with Crippen LogP contribution in [0.4, 0.5) is 4.79 Å². The van der Waals surface area contributed by atoms with E-state index in [1.807, 2.05) is 0 Å². The van der Waals surface area contributed by atoms with E-state index < -0.39 is 18.9 Å². The molecule has 0 spiro atoms. The van der Waals surface area contributed by atoms with Gasteiger partial charge in [0.25, 0.3) is 0 Å². The van der Waals surface area contributed by atoms with Crippen molar-refractivity contribution in [3.05, 3.63) is 0 Å². The monoisotopic (exact) mass is 162 g/mol. The molecule has 0 aliphatic carbocycles. The van der Waals surface area contributed by atoms with Crippen molar-refractivity contribution in [1.82, 2.24) is 0 Å². The lowest BCUT2D eigenvalue weighted by molar-refractivity contribution is 0.0145. The van der Waals surface area contributed by atoms with Crippen molar-refractivity contribution in [2.45, 2.75) is 6.10 Å². The van der Waals surface area contributed by atoms with Gasteiger partial charge < -0.3 is 20.1 Å². The molecule has 0 saturated carbocycles. The highest BCUT2D eigenvalue weighted by atomic mass is 24.3. The van der Waals surface area contributed by atoms with E-state index in [1.165, 1.54) is 0 Å². The number of carbonyl (C=O) groups is 1. The predicted octanol–water partition coefficient (Wildman–Crippen LogP) is -1.88. The summed E-state index contributed by atoms with van der Waals surface area (Å²) in [5.41, 5.74) is 0. The van der Waals surface area contributed by atoms with Gasteiger partial charge in [-0.15, -0.1) is 0 Å². The minimum Gasteiger partial charge on any atom is -0.450 e. The molecule has 0 radical (unpaired) electrons. The highest BCUT2D eigenvalue weighted by molar-refractivity contribution is 5.75. The van der Waals surface area contributed by atoms with Gasteiger partial charge in [-0.2, -0.15) is 0 Å². The van der Waals surface area contributed by atoms with E-state index in [-0.39, 0.29) is 29.7 Å². The number of aliphatic hydroxyl groups excluding tert-OH is 2. The molecule has 10 heavy (non-hydrogen) atoms. The third kappa shape index (κ3) is 7.96. The fourth-order valence-corrected chi connectivity index (χ4v) is 0.220. The minimum absolute atomic E-state index is 0. The van der Waals surface area contributed by atoms with Crippen molar-refractivity contribution in [3.8, 4) is 0 Å². The molecule has 1 unspecified atom stereocenters. The van der Waals surface area contributed by atoms with Crippen LogP contribution in [0.25, 0.3) is 0 Å². The zero-order valence-corrected chi connectivity index (χ0v) is 4.65. The molecule has 1 atom stereocenters. The molecule has 0 rings (SSSR count). The van der Waals surface area contributed by atoms with E-state index in [1.54, 1.807) is 0 Å². The summed E-state index contributed by atoms with van der Waals surface area (Å²) >= 11 is 0. The second kappa shape index (κ2) is 7.07. The van der Waals surface area contributed by atoms with E-state index in [0.29, 0.717) is 0 Å². The van der Waals surface area contributed by atoms with Crippen LogP contribution in [-0.4, -0.2) is 63.8 Å². The van der Waals surface area contributed by atoms with Gasteiger partial charge >= 0.3 is 29.2 Å². The predicted molar refractivity (Wildman–Crippen MR) is 35.6 cm³/mol. The second-order valence-corrected chi connectivity index (χ2v) is 1.41. The summed E-state index contributed by atoms with van der Waals surface area (Å²) in [7, 11) is 0. The first-order valence-corrected chi connectivity index (χ1v) is 2.31. The van der Waals surface area contributed by atoms with Crippen LogP contribution in [0, 0.1) is 0 Å². The van der Waals surface area contributed by atoms with Gasteiger partial charge in [0.2, 0.25) is 0 Å². The maximum absolute atomic E-state index is 9.60. The van der Waals surface area contributed by atoms with Crippen LogP contribution in [-0.2, 0) is 4.74 Å². The summed E-state index contributed by atoms with van der Waals surface area (Å²) in [4.78, 5) is 9.60. The van der Waals surface area contributed by atoms with Crippen molar-refractivity contribution in [3.63, 3.8) is 0 Å². The zero-order valence-electron chi connectivity index (χ0n) is 4.65. The van der Waals surface area contributed by atoms with Gasteiger partial charge in [0.15, 0.2) is 0 Å². The molecule has 58 valence electrons. The zero-order chi connectivity index (χ0) is 7.28. The van der Waals surface area contributed by atoms with E-state index >= 15 is 0 Å². The Morgan fingerprint density at radius 3 is 2.40 bits per heavy atom. The van der Waals surface area contributed by atoms with Crippen molar-refractivity contribution in [2.75, 3.05) is 13.2 Å². The molecule has 0 aromatic heterocycles. The normalized spacial score (nSPS) is 11.4. The Hall–Kier alpha value is -0.0438. The van der Waals surface area contributed by atoms with E-state index in [0.717, 1.165) is 0 Å². The number of ether oxygens (including phenoxy) is 1. The summed E-state index contributed by atoms with van der Waals surface area (Å²) in [5, 5.41) is 24.4. The van der Waals surface area contributed by atoms with Crippen molar-refractivity contribution >= 4 is 29.2 Å². The van der Waals surface area contributed by atoms with Gasteiger partial charge in [0.05, 0.1) is 6.61 Å². The Balaban J connectivity index is 0. The Kier molecular flexibility index (Phi) is 8.92. The molecular weight excluding hydrogens is 152 g/mol. The summed E-state index contributed by atoms with van der Waals surface area (Å²) in [6.07, 6.45) is -2.57. The van der Waals surface area contributed by atoms with Gasteiger partial charge in [-0.3, -0.25) is 0 Å². The third-order valence-electron chi connectivity index (χ3n) is 0.610. The van der Waals surface area contributed by atoms with E-state index in [2.05, 4.69) is 4.74 Å². The molecule has 5 nitrogen and oxygen atoms in total. The lowest BCUT2D eigenvalue weighted by Gasteiger charge is -2.03. The molecule has 0 amide bonds. The van der Waals surface area contributed by atoms with Crippen LogP contribution in [0.3, 0.4) is 0 Å². The van der Waals surface area contributed by atoms with Gasteiger partial charge in [0.1, 0.15) is 12.7 Å². The smallest absolute Gasteiger partial charge is 0.450 e. The van der Waals surface area contributed by atoms with Crippen LogP contribution in [0.15, 0.2) is 0 Å². The lowest BCUT2D eigenvalue weighted by Crippen LogP contribution is -2.21. The Bertz CT molecular complexity index is 95.6. The first-order chi connectivity index (χ1) is 4.16. The van der Waals surface area contributed by atoms with Crippen LogP contribution >= 0.6 is 0 Å². The molecule has 0 heterocycles. The number of aliphatic hydroxyl groups is 2. The van der Waals surface area contributed by atoms with Crippen LogP contribution < -0.4 is 0 Å². The highest BCUT2D eigenvalue weighted by Crippen LogP contribution is 1.82. The molecular formula is C4H10MgO5. The average Bonchev–Trinajstić information content (AvgIpc) is 1.83. The number of hydrogen-bond acceptors (Lipinski definition) is 4. The molecule has 3 N–H and O–H groups in total. The molecule has 0 aliphatic rings. The van der Waals surface area contributed by atoms with Crippen molar-refractivity contribution in [1.29, 1.82) is 0 Å². The summed E-state index contributed by atoms with van der Waals surface area (Å²) in [6, 6.07) is 0. The molecule has 0 fully saturated rings. The lowest BCUT2D eigenvalue weighted by atomic mass is 10.4. The van der Waals surface area contributed by atoms with Crippen LogP contribution in [0.1, 0.15) is 0 Å². The van der Waals surface area contributed by atoms with E-state index in [4.69, 9.17) is 15.3 Å². The molecule has 0 aromatic rings. The first-order valence-electron chi connectivity index (χ1n) is 2.31. The van der Waals surface area contributed by atoms with Gasteiger partial charge in [-0.1, -0.05) is 0 Å². The molecule has 0 aromatic carbocycles. The Morgan fingerprint density at radius 1 is 1.60 bits per heavy atom. The first kappa shape index (κ1) is 12.6. The summed E-state index contributed by atoms with van der Waals surface area (Å²) in [5.74, 6) is 0. The fourth-order valence-electron chi connectivity index (χ4n) is 0.220. The summed E-state index contributed by atoms with van der Waals surface area (Å²) in [6.45, 7) is -0.876. The molecule has 0 aliphatic heterocycles. The van der Waals surface area contributed by atoms with Gasteiger partial charge in [0, 0.05) is 0 Å². The molecule has 6 heteroatoms. The molecule has 0 saturated heterocycles. The number of carboxylic acid groups (broad SMARTS) is 1. The number of hydrogen-bond donors (Lipinski definition) is 3. The van der Waals surface area contributed by atoms with Gasteiger partial charge in [-0.05, 0) is 0 Å². The standard InChI is InChI=1S/C4H8O5.Mg.2H/c5-1-3(6)2-9-4(7)8;;;/h3,5-6H,1-2H2,(H,7,8);;;. The topological polar surface area (TPSA) is 87.0 Å². The van der Waals surface area contributed by atoms with Crippen LogP contribution in [0.5, 0.6) is 0 Å². The minimum atomic E-state index is -1.46. The molecule has 0 bridgehead atoms. The van der Waals surface area contributed by atoms with Crippen molar-refractivity contribution < 1.29 is 24.9 Å². The van der Waals surface area contributed by atoms with Crippen LogP contribution in [0.2, 0.25) is 0 Å². The fraction of sp³-hybridized carbons (Fsp3) is 0.750. The van der Waals surface area contributed by atoms with Crippen molar-refractivity contribution in [2.24, 2.45) is 0 Å². The maximum atomic E-state index is 9.60. The Labute approximate surface area is 73.8 Å². The SMILES string of the molecule is O=C(O)OCC(O)CO.[MgH2]. The largest absolute Gasteiger partial charge is 0.505 e. The summed E-state index contributed by atoms with van der Waals surface area (Å²) < 4.78 is 3.90. The third-order valence-corrected chi connectivity index (χ3v) is 0.610. The Morgan fingerprint density at radius 2 is 2.10 bits per heavy atom. The second-order valence-electron chi connectivity index (χ2n) is 1.41. The maximum Gasteiger partial charge on any atom is 0.505 e. The quantitative estimate of drug-likeness (QED) is 0.334. The average molecular weight is 162 g/mol. The number of rotatable bonds is 3. The van der Waals surface area contributed by atoms with E-state index in [9.17, 15) is 4.79 Å². The van der Waals surface area contributed by atoms with Gasteiger partial charge in [-0.25, -0.2) is 4.79 Å².